The molecule has 1 aliphatic rings. The lowest BCUT2D eigenvalue weighted by atomic mass is 10.3. The van der Waals surface area contributed by atoms with Crippen molar-refractivity contribution in [3.05, 3.63) is 29.3 Å². The van der Waals surface area contributed by atoms with Gasteiger partial charge in [0.15, 0.2) is 0 Å². The monoisotopic (exact) mass is 239 g/mol. The van der Waals surface area contributed by atoms with Crippen LogP contribution in [-0.2, 0) is 4.79 Å². The Morgan fingerprint density at radius 3 is 2.69 bits per heavy atom. The van der Waals surface area contributed by atoms with Crippen molar-refractivity contribution in [3.8, 4) is 5.75 Å². The molecule has 2 rings (SSSR count). The van der Waals surface area contributed by atoms with Gasteiger partial charge in [0, 0.05) is 18.0 Å². The highest BCUT2D eigenvalue weighted by Gasteiger charge is 2.19. The van der Waals surface area contributed by atoms with Crippen LogP contribution in [0.2, 0.25) is 5.02 Å². The molecule has 4 heteroatoms. The summed E-state index contributed by atoms with van der Waals surface area (Å²) in [5.41, 5.74) is 0. The predicted octanol–water partition coefficient (Wildman–Crippen LogP) is 2.34. The smallest absolute Gasteiger partial charge is 0.222 e. The Hall–Kier alpha value is -1.22. The molecule has 1 aromatic rings. The van der Waals surface area contributed by atoms with Gasteiger partial charge < -0.3 is 9.64 Å². The van der Waals surface area contributed by atoms with E-state index in [1.54, 1.807) is 12.1 Å². The minimum absolute atomic E-state index is 0.236. The molecule has 0 aromatic heterocycles. The van der Waals surface area contributed by atoms with E-state index >= 15 is 0 Å². The standard InChI is InChI=1S/C12H14ClNO2/c13-10-3-5-11(6-4-10)16-9-8-14-7-1-2-12(14)15/h3-6H,1-2,7-9H2. The first kappa shape index (κ1) is 11.3. The summed E-state index contributed by atoms with van der Waals surface area (Å²) >= 11 is 5.76. The molecule has 0 radical (unpaired) electrons. The average Bonchev–Trinajstić information content (AvgIpc) is 2.68. The first-order valence-corrected chi connectivity index (χ1v) is 5.79. The molecule has 0 N–H and O–H groups in total. The van der Waals surface area contributed by atoms with E-state index in [4.69, 9.17) is 16.3 Å². The maximum atomic E-state index is 11.3. The largest absolute Gasteiger partial charge is 0.492 e. The van der Waals surface area contributed by atoms with Gasteiger partial charge in [0.25, 0.3) is 0 Å². The molecule has 16 heavy (non-hydrogen) atoms. The van der Waals surface area contributed by atoms with Crippen LogP contribution in [0.15, 0.2) is 24.3 Å². The summed E-state index contributed by atoms with van der Waals surface area (Å²) in [5.74, 6) is 1.02. The first-order valence-electron chi connectivity index (χ1n) is 5.42. The van der Waals surface area contributed by atoms with E-state index in [9.17, 15) is 4.79 Å². The van der Waals surface area contributed by atoms with E-state index < -0.39 is 0 Å². The zero-order valence-electron chi connectivity index (χ0n) is 8.99. The fourth-order valence-electron chi connectivity index (χ4n) is 1.74. The summed E-state index contributed by atoms with van der Waals surface area (Å²) in [6, 6.07) is 7.23. The molecule has 0 unspecified atom stereocenters. The van der Waals surface area contributed by atoms with Crippen LogP contribution in [-0.4, -0.2) is 30.5 Å². The lowest BCUT2D eigenvalue weighted by molar-refractivity contribution is -0.128. The molecule has 1 saturated heterocycles. The summed E-state index contributed by atoms with van der Waals surface area (Å²) in [6.45, 7) is 2.07. The van der Waals surface area contributed by atoms with Crippen molar-refractivity contribution < 1.29 is 9.53 Å². The van der Waals surface area contributed by atoms with Crippen molar-refractivity contribution >= 4 is 17.5 Å². The molecule has 1 fully saturated rings. The average molecular weight is 240 g/mol. The second-order valence-electron chi connectivity index (χ2n) is 3.79. The fourth-order valence-corrected chi connectivity index (χ4v) is 1.87. The molecule has 1 aliphatic heterocycles. The third-order valence-corrected chi connectivity index (χ3v) is 2.87. The quantitative estimate of drug-likeness (QED) is 0.807. The van der Waals surface area contributed by atoms with Crippen LogP contribution in [0.5, 0.6) is 5.75 Å². The molecule has 0 atom stereocenters. The minimum atomic E-state index is 0.236. The van der Waals surface area contributed by atoms with Crippen LogP contribution < -0.4 is 4.74 Å². The zero-order chi connectivity index (χ0) is 11.4. The van der Waals surface area contributed by atoms with E-state index in [0.29, 0.717) is 24.6 Å². The van der Waals surface area contributed by atoms with E-state index in [1.807, 2.05) is 17.0 Å². The van der Waals surface area contributed by atoms with Gasteiger partial charge in [-0.1, -0.05) is 11.6 Å². The molecule has 1 heterocycles. The van der Waals surface area contributed by atoms with Crippen LogP contribution in [0.1, 0.15) is 12.8 Å². The number of ether oxygens (including phenoxy) is 1. The van der Waals surface area contributed by atoms with E-state index in [2.05, 4.69) is 0 Å². The molecule has 0 saturated carbocycles. The van der Waals surface area contributed by atoms with Gasteiger partial charge in [0.2, 0.25) is 5.91 Å². The van der Waals surface area contributed by atoms with Crippen molar-refractivity contribution in [3.63, 3.8) is 0 Å². The van der Waals surface area contributed by atoms with Crippen molar-refractivity contribution in [1.82, 2.24) is 4.90 Å². The number of halogens is 1. The highest BCUT2D eigenvalue weighted by Crippen LogP contribution is 2.15. The Morgan fingerprint density at radius 1 is 1.31 bits per heavy atom. The van der Waals surface area contributed by atoms with Gasteiger partial charge in [0.05, 0.1) is 6.54 Å². The summed E-state index contributed by atoms with van der Waals surface area (Å²) in [6.07, 6.45) is 1.65. The SMILES string of the molecule is O=C1CCCN1CCOc1ccc(Cl)cc1. The Bertz CT molecular complexity index is 364. The topological polar surface area (TPSA) is 29.5 Å². The predicted molar refractivity (Wildman–Crippen MR) is 62.8 cm³/mol. The molecular formula is C12H14ClNO2. The summed E-state index contributed by atoms with van der Waals surface area (Å²) in [7, 11) is 0. The van der Waals surface area contributed by atoms with Gasteiger partial charge in [-0.3, -0.25) is 4.79 Å². The highest BCUT2D eigenvalue weighted by atomic mass is 35.5. The summed E-state index contributed by atoms with van der Waals surface area (Å²) < 4.78 is 5.52. The normalized spacial score (nSPS) is 15.6. The lowest BCUT2D eigenvalue weighted by Gasteiger charge is -2.15. The minimum Gasteiger partial charge on any atom is -0.492 e. The van der Waals surface area contributed by atoms with Crippen molar-refractivity contribution in [2.24, 2.45) is 0 Å². The third kappa shape index (κ3) is 2.89. The number of amides is 1. The first-order chi connectivity index (χ1) is 7.75. The van der Waals surface area contributed by atoms with Gasteiger partial charge >= 0.3 is 0 Å². The van der Waals surface area contributed by atoms with Crippen molar-refractivity contribution in [2.75, 3.05) is 19.7 Å². The van der Waals surface area contributed by atoms with E-state index in [0.717, 1.165) is 18.7 Å². The van der Waals surface area contributed by atoms with Crippen LogP contribution in [0.3, 0.4) is 0 Å². The van der Waals surface area contributed by atoms with Crippen LogP contribution in [0.25, 0.3) is 0 Å². The van der Waals surface area contributed by atoms with E-state index in [-0.39, 0.29) is 5.91 Å². The second kappa shape index (κ2) is 5.21. The van der Waals surface area contributed by atoms with Crippen molar-refractivity contribution in [1.29, 1.82) is 0 Å². The van der Waals surface area contributed by atoms with Crippen LogP contribution >= 0.6 is 11.6 Å². The second-order valence-corrected chi connectivity index (χ2v) is 4.22. The fraction of sp³-hybridized carbons (Fsp3) is 0.417. The van der Waals surface area contributed by atoms with Gasteiger partial charge in [-0.2, -0.15) is 0 Å². The number of hydrogen-bond acceptors (Lipinski definition) is 2. The number of carbonyl (C=O) groups excluding carboxylic acids is 1. The molecule has 1 amide bonds. The Kier molecular flexibility index (Phi) is 3.67. The molecule has 3 nitrogen and oxygen atoms in total. The number of hydrogen-bond donors (Lipinski definition) is 0. The van der Waals surface area contributed by atoms with Gasteiger partial charge in [-0.25, -0.2) is 0 Å². The van der Waals surface area contributed by atoms with Gasteiger partial charge in [-0.05, 0) is 30.7 Å². The number of rotatable bonds is 4. The summed E-state index contributed by atoms with van der Waals surface area (Å²) in [4.78, 5) is 13.2. The Morgan fingerprint density at radius 2 is 2.06 bits per heavy atom. The molecule has 0 spiro atoms. The zero-order valence-corrected chi connectivity index (χ0v) is 9.74. The maximum Gasteiger partial charge on any atom is 0.222 e. The number of likely N-dealkylation sites (tertiary alicyclic amines) is 1. The Labute approximate surface area is 100.0 Å². The van der Waals surface area contributed by atoms with Crippen LogP contribution in [0, 0.1) is 0 Å². The molecule has 0 bridgehead atoms. The highest BCUT2D eigenvalue weighted by molar-refractivity contribution is 6.30. The maximum absolute atomic E-state index is 11.3. The molecule has 1 aromatic carbocycles. The van der Waals surface area contributed by atoms with Crippen LogP contribution in [0.4, 0.5) is 0 Å². The number of benzene rings is 1. The molecule has 0 aliphatic carbocycles. The third-order valence-electron chi connectivity index (χ3n) is 2.61. The van der Waals surface area contributed by atoms with E-state index in [1.165, 1.54) is 0 Å². The molecular weight excluding hydrogens is 226 g/mol. The summed E-state index contributed by atoms with van der Waals surface area (Å²) in [5, 5.41) is 0.696. The number of nitrogens with zero attached hydrogens (tertiary/aromatic N) is 1. The van der Waals surface area contributed by atoms with Gasteiger partial charge in [-0.15, -0.1) is 0 Å². The molecule has 86 valence electrons. The lowest BCUT2D eigenvalue weighted by Crippen LogP contribution is -2.29. The van der Waals surface area contributed by atoms with Gasteiger partial charge in [0.1, 0.15) is 12.4 Å². The number of carbonyl (C=O) groups is 1. The van der Waals surface area contributed by atoms with Crippen molar-refractivity contribution in [2.45, 2.75) is 12.8 Å². The Balaban J connectivity index is 1.75.